The molecule has 0 aliphatic heterocycles. The molecule has 0 atom stereocenters. The number of anilines is 1. The van der Waals surface area contributed by atoms with Gasteiger partial charge in [-0.3, -0.25) is 0 Å². The van der Waals surface area contributed by atoms with Crippen molar-refractivity contribution in [1.29, 1.82) is 5.26 Å². The van der Waals surface area contributed by atoms with E-state index in [0.29, 0.717) is 0 Å². The Bertz CT molecular complexity index is 344. The number of hydrogen-bond acceptors (Lipinski definition) is 3. The molecule has 1 aromatic rings. The first-order chi connectivity index (χ1) is 6.13. The Kier molecular flexibility index (Phi) is 2.75. The summed E-state index contributed by atoms with van der Waals surface area (Å²) in [5.74, 6) is 0.0167. The van der Waals surface area contributed by atoms with E-state index in [9.17, 15) is 8.78 Å². The van der Waals surface area contributed by atoms with Crippen LogP contribution in [0, 0.1) is 11.3 Å². The highest BCUT2D eigenvalue weighted by molar-refractivity contribution is 5.36. The Labute approximate surface area is 73.8 Å². The molecule has 0 aliphatic carbocycles. The van der Waals surface area contributed by atoms with Gasteiger partial charge in [-0.2, -0.15) is 5.26 Å². The molecule has 0 spiro atoms. The van der Waals surface area contributed by atoms with Crippen molar-refractivity contribution in [2.75, 3.05) is 5.73 Å². The van der Waals surface area contributed by atoms with Gasteiger partial charge in [-0.15, -0.1) is 0 Å². The summed E-state index contributed by atoms with van der Waals surface area (Å²) >= 11 is 0. The predicted molar refractivity (Wildman–Crippen MR) is 42.9 cm³/mol. The van der Waals surface area contributed by atoms with E-state index in [4.69, 9.17) is 11.0 Å². The third-order valence-corrected chi connectivity index (χ3v) is 1.43. The molecule has 0 unspecified atom stereocenters. The van der Waals surface area contributed by atoms with E-state index in [1.807, 2.05) is 6.07 Å². The number of halogens is 2. The third-order valence-electron chi connectivity index (χ3n) is 1.43. The first-order valence-corrected chi connectivity index (χ1v) is 3.55. The predicted octanol–water partition coefficient (Wildman–Crippen LogP) is 1.67. The summed E-state index contributed by atoms with van der Waals surface area (Å²) in [5.41, 5.74) is 5.35. The van der Waals surface area contributed by atoms with Crippen LogP contribution in [-0.2, 0) is 6.42 Å². The minimum Gasteiger partial charge on any atom is -0.384 e. The average Bonchev–Trinajstić information content (AvgIpc) is 2.03. The molecule has 0 aromatic carbocycles. The second kappa shape index (κ2) is 3.81. The molecule has 0 saturated heterocycles. The summed E-state index contributed by atoms with van der Waals surface area (Å²) in [6, 6.07) is 4.10. The van der Waals surface area contributed by atoms with Crippen molar-refractivity contribution in [1.82, 2.24) is 4.98 Å². The van der Waals surface area contributed by atoms with Gasteiger partial charge in [0.2, 0.25) is 0 Å². The van der Waals surface area contributed by atoms with Gasteiger partial charge in [0.15, 0.2) is 0 Å². The molecule has 0 aliphatic rings. The quantitative estimate of drug-likeness (QED) is 0.758. The zero-order valence-corrected chi connectivity index (χ0v) is 6.67. The molecule has 1 rings (SSSR count). The minimum atomic E-state index is -2.58. The van der Waals surface area contributed by atoms with Crippen molar-refractivity contribution in [3.05, 3.63) is 23.4 Å². The van der Waals surface area contributed by atoms with Crippen LogP contribution < -0.4 is 5.73 Å². The molecule has 1 aromatic heterocycles. The number of nitrogen functional groups attached to an aromatic ring is 1. The summed E-state index contributed by atoms with van der Waals surface area (Å²) in [6.07, 6.45) is -2.59. The van der Waals surface area contributed by atoms with Crippen molar-refractivity contribution >= 4 is 5.82 Å². The van der Waals surface area contributed by atoms with Crippen LogP contribution >= 0.6 is 0 Å². The highest BCUT2D eigenvalue weighted by Gasteiger charge is 2.09. The maximum atomic E-state index is 12.2. The topological polar surface area (TPSA) is 62.7 Å². The number of nitriles is 1. The van der Waals surface area contributed by atoms with Gasteiger partial charge >= 0.3 is 0 Å². The van der Waals surface area contributed by atoms with E-state index >= 15 is 0 Å². The first kappa shape index (κ1) is 9.39. The molecular formula is C8H7F2N3. The maximum Gasteiger partial charge on any atom is 0.264 e. The third kappa shape index (κ3) is 2.37. The van der Waals surface area contributed by atoms with E-state index in [2.05, 4.69) is 4.98 Å². The Morgan fingerprint density at radius 3 is 2.77 bits per heavy atom. The van der Waals surface area contributed by atoms with E-state index in [1.54, 1.807) is 0 Å². The summed E-state index contributed by atoms with van der Waals surface area (Å²) in [6.45, 7) is 0. The Morgan fingerprint density at radius 1 is 1.54 bits per heavy atom. The molecule has 0 amide bonds. The molecule has 0 bridgehead atoms. The smallest absolute Gasteiger partial charge is 0.264 e. The van der Waals surface area contributed by atoms with E-state index in [0.717, 1.165) is 6.07 Å². The van der Waals surface area contributed by atoms with Gasteiger partial charge in [-0.1, -0.05) is 0 Å². The monoisotopic (exact) mass is 183 g/mol. The Hall–Kier alpha value is -1.70. The van der Waals surface area contributed by atoms with E-state index < -0.39 is 6.43 Å². The fourth-order valence-electron chi connectivity index (χ4n) is 0.933. The van der Waals surface area contributed by atoms with Crippen LogP contribution in [0.25, 0.3) is 0 Å². The average molecular weight is 183 g/mol. The molecule has 0 saturated carbocycles. The highest BCUT2D eigenvalue weighted by atomic mass is 19.3. The lowest BCUT2D eigenvalue weighted by atomic mass is 10.2. The number of hydrogen-bond donors (Lipinski definition) is 1. The Balaban J connectivity index is 3.05. The molecule has 0 radical (unpaired) electrons. The SMILES string of the molecule is N#CCc1cc(C(F)F)cc(N)n1. The number of rotatable bonds is 2. The number of aromatic nitrogens is 1. The maximum absolute atomic E-state index is 12.2. The van der Waals surface area contributed by atoms with Crippen molar-refractivity contribution < 1.29 is 8.78 Å². The van der Waals surface area contributed by atoms with Crippen LogP contribution in [0.5, 0.6) is 0 Å². The number of alkyl halides is 2. The van der Waals surface area contributed by atoms with Gasteiger partial charge in [0.1, 0.15) is 5.82 Å². The lowest BCUT2D eigenvalue weighted by Gasteiger charge is -2.02. The van der Waals surface area contributed by atoms with Crippen molar-refractivity contribution in [3.63, 3.8) is 0 Å². The first-order valence-electron chi connectivity index (χ1n) is 3.55. The molecule has 13 heavy (non-hydrogen) atoms. The zero-order valence-electron chi connectivity index (χ0n) is 6.67. The van der Waals surface area contributed by atoms with Crippen molar-refractivity contribution in [2.24, 2.45) is 0 Å². The molecule has 2 N–H and O–H groups in total. The molecule has 3 nitrogen and oxygen atoms in total. The van der Waals surface area contributed by atoms with Crippen LogP contribution in [0.2, 0.25) is 0 Å². The fraction of sp³-hybridized carbons (Fsp3) is 0.250. The van der Waals surface area contributed by atoms with E-state index in [-0.39, 0.29) is 23.5 Å². The van der Waals surface area contributed by atoms with Gasteiger partial charge in [0.25, 0.3) is 6.43 Å². The zero-order chi connectivity index (χ0) is 9.84. The van der Waals surface area contributed by atoms with Crippen molar-refractivity contribution in [3.8, 4) is 6.07 Å². The van der Waals surface area contributed by atoms with Gasteiger partial charge in [0.05, 0.1) is 18.2 Å². The fourth-order valence-corrected chi connectivity index (χ4v) is 0.933. The van der Waals surface area contributed by atoms with Gasteiger partial charge in [-0.05, 0) is 12.1 Å². The lowest BCUT2D eigenvalue weighted by Crippen LogP contribution is -1.98. The van der Waals surface area contributed by atoms with Crippen LogP contribution in [0.4, 0.5) is 14.6 Å². The van der Waals surface area contributed by atoms with Crippen LogP contribution in [0.15, 0.2) is 12.1 Å². The molecule has 5 heteroatoms. The normalized spacial score (nSPS) is 10.0. The summed E-state index contributed by atoms with van der Waals surface area (Å²) in [5, 5.41) is 8.32. The Morgan fingerprint density at radius 2 is 2.23 bits per heavy atom. The molecule has 0 fully saturated rings. The summed E-state index contributed by atoms with van der Waals surface area (Å²) in [7, 11) is 0. The minimum absolute atomic E-state index is 0.00917. The van der Waals surface area contributed by atoms with Crippen LogP contribution in [-0.4, -0.2) is 4.98 Å². The number of nitrogens with two attached hydrogens (primary N) is 1. The largest absolute Gasteiger partial charge is 0.384 e. The second-order valence-electron chi connectivity index (χ2n) is 2.45. The van der Waals surface area contributed by atoms with E-state index in [1.165, 1.54) is 6.07 Å². The highest BCUT2D eigenvalue weighted by Crippen LogP contribution is 2.20. The summed E-state index contributed by atoms with van der Waals surface area (Å²) < 4.78 is 24.4. The van der Waals surface area contributed by atoms with Gasteiger partial charge in [-0.25, -0.2) is 13.8 Å². The van der Waals surface area contributed by atoms with Crippen LogP contribution in [0.3, 0.4) is 0 Å². The van der Waals surface area contributed by atoms with Crippen molar-refractivity contribution in [2.45, 2.75) is 12.8 Å². The standard InChI is InChI=1S/C8H7F2N3/c9-8(10)5-3-6(1-2-11)13-7(12)4-5/h3-4,8H,1H2,(H2,12,13). The molecule has 1 heterocycles. The molecule has 68 valence electrons. The van der Waals surface area contributed by atoms with Gasteiger partial charge < -0.3 is 5.73 Å². The molecular weight excluding hydrogens is 176 g/mol. The second-order valence-corrected chi connectivity index (χ2v) is 2.45. The lowest BCUT2D eigenvalue weighted by molar-refractivity contribution is 0.151. The number of pyridine rings is 1. The van der Waals surface area contributed by atoms with Gasteiger partial charge in [0, 0.05) is 5.56 Å². The number of nitrogens with zero attached hydrogens (tertiary/aromatic N) is 2. The van der Waals surface area contributed by atoms with Crippen LogP contribution in [0.1, 0.15) is 17.7 Å². The summed E-state index contributed by atoms with van der Waals surface area (Å²) in [4.78, 5) is 3.73.